The van der Waals surface area contributed by atoms with E-state index >= 15 is 0 Å². The summed E-state index contributed by atoms with van der Waals surface area (Å²) in [6, 6.07) is 14.1. The van der Waals surface area contributed by atoms with E-state index in [2.05, 4.69) is 68.2 Å². The highest BCUT2D eigenvalue weighted by Gasteiger charge is 2.30. The molecule has 2 saturated heterocycles. The van der Waals surface area contributed by atoms with Gasteiger partial charge in [-0.2, -0.15) is 4.98 Å². The lowest BCUT2D eigenvalue weighted by Gasteiger charge is -2.45. The van der Waals surface area contributed by atoms with E-state index in [1.807, 2.05) is 6.07 Å². The zero-order valence-corrected chi connectivity index (χ0v) is 29.4. The minimum Gasteiger partial charge on any atom is -0.494 e. The maximum atomic E-state index is 12.9. The molecule has 0 radical (unpaired) electrons. The van der Waals surface area contributed by atoms with Gasteiger partial charge in [-0.05, 0) is 63.8 Å². The number of para-hydroxylation sites is 1. The number of anilines is 5. The van der Waals surface area contributed by atoms with Gasteiger partial charge in [0.1, 0.15) is 10.8 Å². The van der Waals surface area contributed by atoms with E-state index in [4.69, 9.17) is 16.3 Å². The molecule has 0 aliphatic carbocycles. The van der Waals surface area contributed by atoms with Crippen LogP contribution in [0.3, 0.4) is 0 Å². The molecule has 2 fully saturated rings. The second-order valence-corrected chi connectivity index (χ2v) is 15.8. The van der Waals surface area contributed by atoms with Crippen LogP contribution in [0, 0.1) is 5.92 Å². The molecule has 1 aromatic heterocycles. The molecule has 1 atom stereocenters. The van der Waals surface area contributed by atoms with Crippen LogP contribution < -0.4 is 20.3 Å². The summed E-state index contributed by atoms with van der Waals surface area (Å²) < 4.78 is 31.7. The fourth-order valence-corrected chi connectivity index (χ4v) is 7.58. The normalized spacial score (nSPS) is 17.8. The molecule has 0 saturated carbocycles. The Morgan fingerprint density at radius 1 is 0.913 bits per heavy atom. The van der Waals surface area contributed by atoms with Gasteiger partial charge in [-0.15, -0.1) is 0 Å². The Morgan fingerprint density at radius 3 is 2.26 bits per heavy atom. The van der Waals surface area contributed by atoms with E-state index in [-0.39, 0.29) is 9.92 Å². The standard InChI is InChI=1S/C34H48ClN7O3S/c1-23(2)25(5)40-17-19-42(20-18-40)26-13-15-41(16-14-26)27-11-12-29(31(21-27)45-6)38-34-36-22-28(35)33(39-34)37-30-9-7-8-10-32(30)46(43,44)24(3)4/h7-12,21-26H,13-20H2,1-6H3,(H2,36,37,38,39). The Morgan fingerprint density at radius 2 is 1.61 bits per heavy atom. The lowest BCUT2D eigenvalue weighted by molar-refractivity contribution is 0.0532. The molecular weight excluding hydrogens is 622 g/mol. The Hall–Kier alpha value is -3.12. The van der Waals surface area contributed by atoms with E-state index < -0.39 is 15.1 Å². The first-order chi connectivity index (χ1) is 22.0. The van der Waals surface area contributed by atoms with Crippen molar-refractivity contribution < 1.29 is 13.2 Å². The number of halogens is 1. The fraction of sp³-hybridized carbons (Fsp3) is 0.529. The smallest absolute Gasteiger partial charge is 0.229 e. The third-order valence-electron chi connectivity index (χ3n) is 9.48. The average molecular weight is 670 g/mol. The Labute approximate surface area is 279 Å². The number of piperidine rings is 1. The van der Waals surface area contributed by atoms with Crippen molar-refractivity contribution in [3.05, 3.63) is 53.7 Å². The molecule has 1 unspecified atom stereocenters. The molecule has 5 rings (SSSR count). The summed E-state index contributed by atoms with van der Waals surface area (Å²) >= 11 is 6.43. The molecule has 2 aliphatic rings. The average Bonchev–Trinajstić information content (AvgIpc) is 3.06. The number of sulfone groups is 1. The number of benzene rings is 2. The largest absolute Gasteiger partial charge is 0.494 e. The number of nitrogens with one attached hydrogen (secondary N) is 2. The van der Waals surface area contributed by atoms with Gasteiger partial charge >= 0.3 is 0 Å². The topological polar surface area (TPSA) is 103 Å². The molecule has 250 valence electrons. The maximum Gasteiger partial charge on any atom is 0.229 e. The number of hydrogen-bond donors (Lipinski definition) is 2. The number of aromatic nitrogens is 2. The number of rotatable bonds is 11. The van der Waals surface area contributed by atoms with Crippen molar-refractivity contribution in [1.82, 2.24) is 19.8 Å². The first kappa shape index (κ1) is 34.2. The van der Waals surface area contributed by atoms with Crippen LogP contribution in [0.15, 0.2) is 53.6 Å². The summed E-state index contributed by atoms with van der Waals surface area (Å²) in [5, 5.41) is 6.04. The second kappa shape index (κ2) is 14.8. The Kier molecular flexibility index (Phi) is 11.0. The highest BCUT2D eigenvalue weighted by atomic mass is 35.5. The lowest BCUT2D eigenvalue weighted by atomic mass is 10.00. The van der Waals surface area contributed by atoms with E-state index in [9.17, 15) is 8.42 Å². The molecule has 12 heteroatoms. The van der Waals surface area contributed by atoms with Crippen LogP contribution in [0.4, 0.5) is 28.8 Å². The molecule has 0 bridgehead atoms. The monoisotopic (exact) mass is 669 g/mol. The number of ether oxygens (including phenoxy) is 1. The zero-order chi connectivity index (χ0) is 33.0. The molecule has 2 aliphatic heterocycles. The van der Waals surface area contributed by atoms with Gasteiger partial charge in [-0.3, -0.25) is 9.80 Å². The van der Waals surface area contributed by atoms with Gasteiger partial charge in [0, 0.05) is 63.1 Å². The molecular formula is C34H48ClN7O3S. The number of nitrogens with zero attached hydrogens (tertiary/aromatic N) is 5. The fourth-order valence-electron chi connectivity index (χ4n) is 6.24. The molecule has 10 nitrogen and oxygen atoms in total. The van der Waals surface area contributed by atoms with Crippen molar-refractivity contribution >= 4 is 50.3 Å². The predicted octanol–water partition coefficient (Wildman–Crippen LogP) is 6.44. The van der Waals surface area contributed by atoms with Crippen molar-refractivity contribution in [2.75, 3.05) is 61.9 Å². The van der Waals surface area contributed by atoms with Crippen LogP contribution in [-0.2, 0) is 9.84 Å². The van der Waals surface area contributed by atoms with Gasteiger partial charge in [0.25, 0.3) is 0 Å². The second-order valence-electron chi connectivity index (χ2n) is 12.9. The first-order valence-corrected chi connectivity index (χ1v) is 18.2. The SMILES string of the molecule is COc1cc(N2CCC(N3CCN(C(C)C(C)C)CC3)CC2)ccc1Nc1ncc(Cl)c(Nc2ccccc2S(=O)(=O)C(C)C)n1. The van der Waals surface area contributed by atoms with Crippen LogP contribution in [-0.4, -0.2) is 91.9 Å². The van der Waals surface area contributed by atoms with E-state index in [0.29, 0.717) is 46.9 Å². The minimum atomic E-state index is -3.53. The summed E-state index contributed by atoms with van der Waals surface area (Å²) in [5.41, 5.74) is 2.24. The van der Waals surface area contributed by atoms with Crippen LogP contribution in [0.5, 0.6) is 5.75 Å². The molecule has 46 heavy (non-hydrogen) atoms. The summed E-state index contributed by atoms with van der Waals surface area (Å²) in [4.78, 5) is 16.9. The van der Waals surface area contributed by atoms with Gasteiger partial charge in [0.05, 0.1) is 34.8 Å². The van der Waals surface area contributed by atoms with Crippen LogP contribution in [0.1, 0.15) is 47.5 Å². The summed E-state index contributed by atoms with van der Waals surface area (Å²) in [6.45, 7) is 16.9. The van der Waals surface area contributed by atoms with Crippen molar-refractivity contribution in [3.8, 4) is 5.75 Å². The molecule has 2 aromatic carbocycles. The van der Waals surface area contributed by atoms with Crippen LogP contribution >= 0.6 is 11.6 Å². The molecule has 3 heterocycles. The van der Waals surface area contributed by atoms with Gasteiger partial charge in [-0.1, -0.05) is 37.6 Å². The highest BCUT2D eigenvalue weighted by molar-refractivity contribution is 7.92. The van der Waals surface area contributed by atoms with Crippen molar-refractivity contribution in [2.45, 2.75) is 69.7 Å². The lowest BCUT2D eigenvalue weighted by Crippen LogP contribution is -2.55. The van der Waals surface area contributed by atoms with E-state index in [1.54, 1.807) is 45.2 Å². The summed E-state index contributed by atoms with van der Waals surface area (Å²) in [6.07, 6.45) is 3.78. The number of hydrogen-bond acceptors (Lipinski definition) is 10. The van der Waals surface area contributed by atoms with Gasteiger partial charge < -0.3 is 20.3 Å². The molecule has 0 spiro atoms. The van der Waals surface area contributed by atoms with E-state index in [1.165, 1.54) is 6.20 Å². The predicted molar refractivity (Wildman–Crippen MR) is 188 cm³/mol. The molecule has 3 aromatic rings. The van der Waals surface area contributed by atoms with Gasteiger partial charge in [0.2, 0.25) is 5.95 Å². The molecule has 2 N–H and O–H groups in total. The minimum absolute atomic E-state index is 0.189. The van der Waals surface area contributed by atoms with Crippen molar-refractivity contribution in [3.63, 3.8) is 0 Å². The van der Waals surface area contributed by atoms with Gasteiger partial charge in [-0.25, -0.2) is 13.4 Å². The van der Waals surface area contributed by atoms with Crippen molar-refractivity contribution in [1.29, 1.82) is 0 Å². The Balaban J connectivity index is 1.23. The van der Waals surface area contributed by atoms with Crippen molar-refractivity contribution in [2.24, 2.45) is 5.92 Å². The van der Waals surface area contributed by atoms with Crippen LogP contribution in [0.2, 0.25) is 5.02 Å². The first-order valence-electron chi connectivity index (χ1n) is 16.3. The third kappa shape index (κ3) is 7.70. The summed E-state index contributed by atoms with van der Waals surface area (Å²) in [7, 11) is -1.88. The maximum absolute atomic E-state index is 12.9. The third-order valence-corrected chi connectivity index (χ3v) is 12.0. The van der Waals surface area contributed by atoms with E-state index in [0.717, 1.165) is 57.8 Å². The quantitative estimate of drug-likeness (QED) is 0.237. The zero-order valence-electron chi connectivity index (χ0n) is 27.8. The highest BCUT2D eigenvalue weighted by Crippen LogP contribution is 2.35. The Bertz CT molecular complexity index is 1590. The number of methoxy groups -OCH3 is 1. The molecule has 0 amide bonds. The number of piperazine rings is 1. The van der Waals surface area contributed by atoms with Crippen LogP contribution in [0.25, 0.3) is 0 Å². The van der Waals surface area contributed by atoms with Gasteiger partial charge in [0.15, 0.2) is 15.7 Å². The summed E-state index contributed by atoms with van der Waals surface area (Å²) in [5.74, 6) is 1.95.